The van der Waals surface area contributed by atoms with E-state index in [1.54, 1.807) is 43.8 Å². The largest absolute Gasteiger partial charge is 0.493 e. The minimum Gasteiger partial charge on any atom is -0.493 e. The molecule has 116 valence electrons. The van der Waals surface area contributed by atoms with E-state index in [4.69, 9.17) is 19.9 Å². The van der Waals surface area contributed by atoms with E-state index in [2.05, 4.69) is 15.0 Å². The molecule has 0 saturated heterocycles. The third kappa shape index (κ3) is 3.29. The van der Waals surface area contributed by atoms with Crippen LogP contribution in [0, 0.1) is 0 Å². The molecule has 1 aromatic carbocycles. The standard InChI is InChI=1S/C16H14N4O3/c1-21-12-6-2-3-7-13(12)23-16-14(17)15(19-10-20-16)22-11-5-4-8-18-9-11/h2-10H,17H2,1H3. The zero-order chi connectivity index (χ0) is 16.1. The van der Waals surface area contributed by atoms with Gasteiger partial charge < -0.3 is 19.9 Å². The number of methoxy groups -OCH3 is 1. The molecule has 2 N–H and O–H groups in total. The second-order valence-corrected chi connectivity index (χ2v) is 4.44. The maximum atomic E-state index is 6.03. The third-order valence-corrected chi connectivity index (χ3v) is 2.94. The Morgan fingerprint density at radius 1 is 0.913 bits per heavy atom. The Morgan fingerprint density at radius 3 is 2.35 bits per heavy atom. The number of anilines is 1. The van der Waals surface area contributed by atoms with Crippen molar-refractivity contribution < 1.29 is 14.2 Å². The molecule has 0 aliphatic heterocycles. The van der Waals surface area contributed by atoms with Crippen LogP contribution < -0.4 is 19.9 Å². The van der Waals surface area contributed by atoms with Gasteiger partial charge in [-0.05, 0) is 24.3 Å². The average molecular weight is 310 g/mol. The highest BCUT2D eigenvalue weighted by molar-refractivity contribution is 5.58. The van der Waals surface area contributed by atoms with Crippen LogP contribution in [0.2, 0.25) is 0 Å². The molecule has 7 heteroatoms. The highest BCUT2D eigenvalue weighted by Crippen LogP contribution is 2.36. The number of rotatable bonds is 5. The van der Waals surface area contributed by atoms with E-state index >= 15 is 0 Å². The fourth-order valence-corrected chi connectivity index (χ4v) is 1.85. The predicted octanol–water partition coefficient (Wildman–Crippen LogP) is 3.05. The number of pyridine rings is 1. The number of nitrogens with two attached hydrogens (primary N) is 1. The summed E-state index contributed by atoms with van der Waals surface area (Å²) in [6.45, 7) is 0. The Bertz CT molecular complexity index is 796. The number of benzene rings is 1. The molecule has 0 spiro atoms. The Morgan fingerprint density at radius 2 is 1.65 bits per heavy atom. The van der Waals surface area contributed by atoms with Crippen LogP contribution in [0.1, 0.15) is 0 Å². The van der Waals surface area contributed by atoms with Crippen LogP contribution in [0.4, 0.5) is 5.69 Å². The molecule has 0 bridgehead atoms. The number of nitrogen functional groups attached to an aromatic ring is 1. The normalized spacial score (nSPS) is 10.1. The second-order valence-electron chi connectivity index (χ2n) is 4.44. The van der Waals surface area contributed by atoms with Crippen LogP contribution in [0.25, 0.3) is 0 Å². The summed E-state index contributed by atoms with van der Waals surface area (Å²) in [5.41, 5.74) is 6.22. The van der Waals surface area contributed by atoms with Crippen molar-refractivity contribution in [2.45, 2.75) is 0 Å². The molecule has 0 saturated carbocycles. The van der Waals surface area contributed by atoms with Gasteiger partial charge in [-0.1, -0.05) is 12.1 Å². The summed E-state index contributed by atoms with van der Waals surface area (Å²) in [4.78, 5) is 12.0. The lowest BCUT2D eigenvalue weighted by Gasteiger charge is -2.12. The fraction of sp³-hybridized carbons (Fsp3) is 0.0625. The Kier molecular flexibility index (Phi) is 4.19. The number of hydrogen-bond donors (Lipinski definition) is 1. The Labute approximate surface area is 132 Å². The quantitative estimate of drug-likeness (QED) is 0.774. The van der Waals surface area contributed by atoms with Gasteiger partial charge in [-0.15, -0.1) is 0 Å². The maximum Gasteiger partial charge on any atom is 0.250 e. The molecule has 0 aliphatic carbocycles. The van der Waals surface area contributed by atoms with Crippen LogP contribution in [0.3, 0.4) is 0 Å². The van der Waals surface area contributed by atoms with Gasteiger partial charge >= 0.3 is 0 Å². The second kappa shape index (κ2) is 6.61. The molecule has 0 fully saturated rings. The Hall–Kier alpha value is -3.35. The molecular weight excluding hydrogens is 296 g/mol. The van der Waals surface area contributed by atoms with Gasteiger partial charge in [0.1, 0.15) is 12.1 Å². The first-order chi connectivity index (χ1) is 11.3. The minimum atomic E-state index is 0.183. The summed E-state index contributed by atoms with van der Waals surface area (Å²) in [6, 6.07) is 10.7. The van der Waals surface area contributed by atoms with Crippen LogP contribution in [0.5, 0.6) is 29.0 Å². The van der Waals surface area contributed by atoms with Crippen molar-refractivity contribution in [3.63, 3.8) is 0 Å². The highest BCUT2D eigenvalue weighted by atomic mass is 16.5. The van der Waals surface area contributed by atoms with Gasteiger partial charge in [0.2, 0.25) is 11.8 Å². The average Bonchev–Trinajstić information content (AvgIpc) is 2.60. The van der Waals surface area contributed by atoms with Gasteiger partial charge in [-0.3, -0.25) is 4.98 Å². The van der Waals surface area contributed by atoms with Gasteiger partial charge in [-0.2, -0.15) is 9.97 Å². The van der Waals surface area contributed by atoms with Crippen LogP contribution >= 0.6 is 0 Å². The van der Waals surface area contributed by atoms with E-state index in [9.17, 15) is 0 Å². The van der Waals surface area contributed by atoms with E-state index in [-0.39, 0.29) is 17.4 Å². The molecule has 0 atom stereocenters. The molecule has 7 nitrogen and oxygen atoms in total. The number of hydrogen-bond acceptors (Lipinski definition) is 7. The van der Waals surface area contributed by atoms with Crippen LogP contribution in [-0.4, -0.2) is 22.1 Å². The van der Waals surface area contributed by atoms with Crippen LogP contribution in [0.15, 0.2) is 55.1 Å². The molecule has 0 amide bonds. The Balaban J connectivity index is 1.88. The summed E-state index contributed by atoms with van der Waals surface area (Å²) in [6.07, 6.45) is 4.52. The van der Waals surface area contributed by atoms with Crippen LogP contribution in [-0.2, 0) is 0 Å². The third-order valence-electron chi connectivity index (χ3n) is 2.94. The summed E-state index contributed by atoms with van der Waals surface area (Å²) >= 11 is 0. The van der Waals surface area contributed by atoms with Gasteiger partial charge in [0.25, 0.3) is 0 Å². The van der Waals surface area contributed by atoms with Crippen molar-refractivity contribution >= 4 is 5.69 Å². The molecule has 2 heterocycles. The lowest BCUT2D eigenvalue weighted by atomic mass is 10.3. The first-order valence-corrected chi connectivity index (χ1v) is 6.77. The van der Waals surface area contributed by atoms with Gasteiger partial charge in [0, 0.05) is 6.20 Å². The van der Waals surface area contributed by atoms with E-state index < -0.39 is 0 Å². The maximum absolute atomic E-state index is 6.03. The molecule has 3 aromatic rings. The van der Waals surface area contributed by atoms with Crippen molar-refractivity contribution in [1.82, 2.24) is 15.0 Å². The zero-order valence-electron chi connectivity index (χ0n) is 12.3. The molecule has 2 aromatic heterocycles. The first kappa shape index (κ1) is 14.6. The SMILES string of the molecule is COc1ccccc1Oc1ncnc(Oc2cccnc2)c1N. The van der Waals surface area contributed by atoms with Crippen molar-refractivity contribution in [2.75, 3.05) is 12.8 Å². The van der Waals surface area contributed by atoms with Gasteiger partial charge in [0.15, 0.2) is 17.2 Å². The number of aromatic nitrogens is 3. The van der Waals surface area contributed by atoms with E-state index in [1.165, 1.54) is 6.33 Å². The van der Waals surface area contributed by atoms with Crippen molar-refractivity contribution in [2.24, 2.45) is 0 Å². The monoisotopic (exact) mass is 310 g/mol. The minimum absolute atomic E-state index is 0.183. The molecule has 23 heavy (non-hydrogen) atoms. The lowest BCUT2D eigenvalue weighted by molar-refractivity contribution is 0.373. The summed E-state index contributed by atoms with van der Waals surface area (Å²) < 4.78 is 16.5. The summed E-state index contributed by atoms with van der Waals surface area (Å²) in [5, 5.41) is 0. The number of ether oxygens (including phenoxy) is 3. The van der Waals surface area contributed by atoms with E-state index in [1.807, 2.05) is 12.1 Å². The van der Waals surface area contributed by atoms with Crippen molar-refractivity contribution in [3.05, 3.63) is 55.1 Å². The zero-order valence-corrected chi connectivity index (χ0v) is 12.3. The van der Waals surface area contributed by atoms with Crippen molar-refractivity contribution in [3.8, 4) is 29.0 Å². The molecule has 3 rings (SSSR count). The number of nitrogens with zero attached hydrogens (tertiary/aromatic N) is 3. The highest BCUT2D eigenvalue weighted by Gasteiger charge is 2.14. The predicted molar refractivity (Wildman–Crippen MR) is 83.8 cm³/mol. The topological polar surface area (TPSA) is 92.4 Å². The molecule has 0 aliphatic rings. The smallest absolute Gasteiger partial charge is 0.250 e. The first-order valence-electron chi connectivity index (χ1n) is 6.77. The van der Waals surface area contributed by atoms with Gasteiger partial charge in [0.05, 0.1) is 13.3 Å². The lowest BCUT2D eigenvalue weighted by Crippen LogP contribution is -2.01. The van der Waals surface area contributed by atoms with Gasteiger partial charge in [-0.25, -0.2) is 0 Å². The summed E-state index contributed by atoms with van der Waals surface area (Å²) in [7, 11) is 1.56. The fourth-order valence-electron chi connectivity index (χ4n) is 1.85. The summed E-state index contributed by atoms with van der Waals surface area (Å²) in [5.74, 6) is 1.95. The van der Waals surface area contributed by atoms with E-state index in [0.29, 0.717) is 17.2 Å². The molecule has 0 unspecified atom stereocenters. The molecular formula is C16H14N4O3. The number of para-hydroxylation sites is 2. The van der Waals surface area contributed by atoms with Crippen molar-refractivity contribution in [1.29, 1.82) is 0 Å². The van der Waals surface area contributed by atoms with E-state index in [0.717, 1.165) is 0 Å². The molecule has 0 radical (unpaired) electrons.